The molecule has 0 aromatic heterocycles. The lowest BCUT2D eigenvalue weighted by molar-refractivity contribution is 0.562. The fourth-order valence-corrected chi connectivity index (χ4v) is 3.32. The smallest absolute Gasteiger partial charge is 0.124 e. The lowest BCUT2D eigenvalue weighted by atomic mass is 9.93. The van der Waals surface area contributed by atoms with Crippen molar-refractivity contribution in [2.75, 3.05) is 11.9 Å². The second-order valence-corrected chi connectivity index (χ2v) is 6.62. The molecule has 1 unspecified atom stereocenters. The molecule has 2 N–H and O–H groups in total. The Balaban J connectivity index is 1.93. The number of fused-ring (bicyclic) bond motifs is 2. The summed E-state index contributed by atoms with van der Waals surface area (Å²) in [6.07, 6.45) is 2.98. The standard InChI is InChI=1S/C19H17ClFN3/c1-11-8-12(6-7-22-11)19-15-10-14(21)3-5-16(15)23-17-4-2-13(20)9-18(17)24-19/h2-6,9-11,22-23H,7-8H2,1H3. The molecule has 0 amide bonds. The van der Waals surface area contributed by atoms with E-state index in [0.717, 1.165) is 46.9 Å². The molecule has 2 aromatic rings. The zero-order chi connectivity index (χ0) is 16.7. The van der Waals surface area contributed by atoms with Crippen LogP contribution < -0.4 is 10.6 Å². The summed E-state index contributed by atoms with van der Waals surface area (Å²) in [7, 11) is 0. The quantitative estimate of drug-likeness (QED) is 0.768. The van der Waals surface area contributed by atoms with E-state index in [1.165, 1.54) is 6.07 Å². The van der Waals surface area contributed by atoms with Gasteiger partial charge in [-0.25, -0.2) is 9.38 Å². The highest BCUT2D eigenvalue weighted by Crippen LogP contribution is 2.38. The largest absolute Gasteiger partial charge is 0.353 e. The van der Waals surface area contributed by atoms with Crippen LogP contribution in [0, 0.1) is 5.82 Å². The lowest BCUT2D eigenvalue weighted by Gasteiger charge is -2.22. The molecule has 122 valence electrons. The Morgan fingerprint density at radius 2 is 2.00 bits per heavy atom. The van der Waals surface area contributed by atoms with Gasteiger partial charge in [-0.15, -0.1) is 0 Å². The van der Waals surface area contributed by atoms with Crippen molar-refractivity contribution < 1.29 is 4.39 Å². The molecule has 0 spiro atoms. The van der Waals surface area contributed by atoms with Crippen LogP contribution in [0.5, 0.6) is 0 Å². The maximum absolute atomic E-state index is 13.9. The van der Waals surface area contributed by atoms with Gasteiger partial charge in [-0.2, -0.15) is 0 Å². The Kier molecular flexibility index (Phi) is 3.87. The first-order valence-electron chi connectivity index (χ1n) is 7.98. The van der Waals surface area contributed by atoms with E-state index in [-0.39, 0.29) is 5.82 Å². The van der Waals surface area contributed by atoms with E-state index in [4.69, 9.17) is 16.6 Å². The average molecular weight is 342 g/mol. The van der Waals surface area contributed by atoms with E-state index >= 15 is 0 Å². The molecule has 24 heavy (non-hydrogen) atoms. The summed E-state index contributed by atoms with van der Waals surface area (Å²) < 4.78 is 13.9. The Labute approximate surface area is 145 Å². The lowest BCUT2D eigenvalue weighted by Crippen LogP contribution is -2.32. The summed E-state index contributed by atoms with van der Waals surface area (Å²) in [5.74, 6) is -0.269. The third-order valence-corrected chi connectivity index (χ3v) is 4.58. The summed E-state index contributed by atoms with van der Waals surface area (Å²) in [6, 6.07) is 10.7. The number of benzene rings is 2. The Morgan fingerprint density at radius 3 is 2.83 bits per heavy atom. The highest BCUT2D eigenvalue weighted by Gasteiger charge is 2.22. The summed E-state index contributed by atoms with van der Waals surface area (Å²) in [4.78, 5) is 4.85. The van der Waals surface area contributed by atoms with Crippen molar-refractivity contribution in [2.24, 2.45) is 4.99 Å². The van der Waals surface area contributed by atoms with Gasteiger partial charge in [-0.1, -0.05) is 17.7 Å². The molecule has 3 nitrogen and oxygen atoms in total. The predicted molar refractivity (Wildman–Crippen MR) is 97.5 cm³/mol. The Bertz CT molecular complexity index is 873. The zero-order valence-electron chi connectivity index (χ0n) is 13.2. The molecule has 2 aliphatic heterocycles. The van der Waals surface area contributed by atoms with Crippen molar-refractivity contribution in [3.8, 4) is 0 Å². The molecule has 1 atom stereocenters. The van der Waals surface area contributed by atoms with Crippen molar-refractivity contribution in [2.45, 2.75) is 19.4 Å². The molecule has 0 saturated carbocycles. The molecule has 0 aliphatic carbocycles. The predicted octanol–water partition coefficient (Wildman–Crippen LogP) is 4.97. The van der Waals surface area contributed by atoms with E-state index in [2.05, 4.69) is 23.6 Å². The van der Waals surface area contributed by atoms with E-state index in [0.29, 0.717) is 11.1 Å². The van der Waals surface area contributed by atoms with Gasteiger partial charge in [0, 0.05) is 28.9 Å². The van der Waals surface area contributed by atoms with Crippen molar-refractivity contribution >= 4 is 34.4 Å². The van der Waals surface area contributed by atoms with Gasteiger partial charge in [-0.05, 0) is 55.3 Å². The molecule has 2 heterocycles. The third kappa shape index (κ3) is 2.83. The summed E-state index contributed by atoms with van der Waals surface area (Å²) in [5.41, 5.74) is 5.20. The van der Waals surface area contributed by atoms with Crippen LogP contribution in [0.1, 0.15) is 18.9 Å². The van der Waals surface area contributed by atoms with E-state index in [1.54, 1.807) is 12.1 Å². The van der Waals surface area contributed by atoms with E-state index in [1.807, 2.05) is 18.2 Å². The zero-order valence-corrected chi connectivity index (χ0v) is 14.0. The first kappa shape index (κ1) is 15.4. The van der Waals surface area contributed by atoms with Gasteiger partial charge in [0.2, 0.25) is 0 Å². The molecule has 4 rings (SSSR count). The SMILES string of the molecule is CC1CC(C2=Nc3cc(Cl)ccc3Nc3ccc(F)cc32)=CCN1. The second kappa shape index (κ2) is 6.04. The van der Waals surface area contributed by atoms with Crippen LogP contribution >= 0.6 is 11.6 Å². The molecule has 5 heteroatoms. The Hall–Kier alpha value is -2.17. The fourth-order valence-electron chi connectivity index (χ4n) is 3.16. The monoisotopic (exact) mass is 341 g/mol. The number of rotatable bonds is 1. The number of hydrogen-bond acceptors (Lipinski definition) is 3. The van der Waals surface area contributed by atoms with Gasteiger partial charge in [0.25, 0.3) is 0 Å². The van der Waals surface area contributed by atoms with Crippen molar-refractivity contribution in [1.82, 2.24) is 5.32 Å². The topological polar surface area (TPSA) is 36.4 Å². The average Bonchev–Trinajstić information content (AvgIpc) is 2.71. The first-order valence-corrected chi connectivity index (χ1v) is 8.36. The summed E-state index contributed by atoms with van der Waals surface area (Å²) >= 11 is 6.14. The molecular formula is C19H17ClFN3. The summed E-state index contributed by atoms with van der Waals surface area (Å²) in [6.45, 7) is 2.93. The number of hydrogen-bond donors (Lipinski definition) is 2. The number of anilines is 2. The van der Waals surface area contributed by atoms with Gasteiger partial charge in [0.05, 0.1) is 17.1 Å². The van der Waals surface area contributed by atoms with Crippen LogP contribution in [0.2, 0.25) is 5.02 Å². The molecule has 2 aliphatic rings. The number of aliphatic imine (C=N–C) groups is 1. The van der Waals surface area contributed by atoms with Crippen LogP contribution in [-0.2, 0) is 0 Å². The second-order valence-electron chi connectivity index (χ2n) is 6.18. The number of halogens is 2. The van der Waals surface area contributed by atoms with Crippen LogP contribution in [0.15, 0.2) is 53.0 Å². The van der Waals surface area contributed by atoms with E-state index in [9.17, 15) is 4.39 Å². The van der Waals surface area contributed by atoms with Gasteiger partial charge >= 0.3 is 0 Å². The molecule has 2 aromatic carbocycles. The van der Waals surface area contributed by atoms with Crippen LogP contribution in [0.25, 0.3) is 0 Å². The highest BCUT2D eigenvalue weighted by atomic mass is 35.5. The normalized spacial score (nSPS) is 19.4. The number of nitrogens with one attached hydrogen (secondary N) is 2. The van der Waals surface area contributed by atoms with Crippen LogP contribution in [0.4, 0.5) is 21.5 Å². The number of nitrogens with zero attached hydrogens (tertiary/aromatic N) is 1. The summed E-state index contributed by atoms with van der Waals surface area (Å²) in [5, 5.41) is 7.37. The first-order chi connectivity index (χ1) is 11.6. The Morgan fingerprint density at radius 1 is 1.17 bits per heavy atom. The van der Waals surface area contributed by atoms with Crippen LogP contribution in [-0.4, -0.2) is 18.3 Å². The minimum absolute atomic E-state index is 0.269. The molecule has 0 fully saturated rings. The maximum Gasteiger partial charge on any atom is 0.124 e. The molecule has 0 saturated heterocycles. The van der Waals surface area contributed by atoms with Crippen molar-refractivity contribution in [1.29, 1.82) is 0 Å². The third-order valence-electron chi connectivity index (χ3n) is 4.34. The molecule has 0 radical (unpaired) electrons. The van der Waals surface area contributed by atoms with Gasteiger partial charge in [-0.3, -0.25) is 0 Å². The van der Waals surface area contributed by atoms with Gasteiger partial charge < -0.3 is 10.6 Å². The van der Waals surface area contributed by atoms with Gasteiger partial charge in [0.15, 0.2) is 0 Å². The van der Waals surface area contributed by atoms with E-state index < -0.39 is 0 Å². The minimum atomic E-state index is -0.269. The highest BCUT2D eigenvalue weighted by molar-refractivity contribution is 6.31. The fraction of sp³-hybridized carbons (Fsp3) is 0.211. The van der Waals surface area contributed by atoms with Crippen LogP contribution in [0.3, 0.4) is 0 Å². The van der Waals surface area contributed by atoms with Gasteiger partial charge in [0.1, 0.15) is 5.82 Å². The minimum Gasteiger partial charge on any atom is -0.353 e. The molecular weight excluding hydrogens is 325 g/mol. The van der Waals surface area contributed by atoms with Crippen molar-refractivity contribution in [3.05, 3.63) is 64.5 Å². The molecule has 0 bridgehead atoms. The maximum atomic E-state index is 13.9. The van der Waals surface area contributed by atoms with Crippen molar-refractivity contribution in [3.63, 3.8) is 0 Å².